The van der Waals surface area contributed by atoms with E-state index in [4.69, 9.17) is 4.74 Å². The Labute approximate surface area is 133 Å². The number of rotatable bonds is 4. The SMILES string of the molecule is COC(=O)C1CCCC1S(=O)(=O)Nc1cc(C)ccc1Br. The van der Waals surface area contributed by atoms with Crippen LogP contribution in [0.1, 0.15) is 24.8 Å². The molecule has 1 aromatic rings. The number of halogens is 1. The quantitative estimate of drug-likeness (QED) is 0.821. The van der Waals surface area contributed by atoms with Crippen molar-refractivity contribution < 1.29 is 17.9 Å². The van der Waals surface area contributed by atoms with Crippen molar-refractivity contribution in [1.29, 1.82) is 0 Å². The minimum absolute atomic E-state index is 0.453. The summed E-state index contributed by atoms with van der Waals surface area (Å²) in [6.45, 7) is 1.89. The lowest BCUT2D eigenvalue weighted by Gasteiger charge is -2.19. The molecule has 1 aromatic carbocycles. The summed E-state index contributed by atoms with van der Waals surface area (Å²) in [7, 11) is -2.35. The summed E-state index contributed by atoms with van der Waals surface area (Å²) in [4.78, 5) is 11.7. The first-order valence-electron chi connectivity index (χ1n) is 6.71. The number of hydrogen-bond acceptors (Lipinski definition) is 4. The van der Waals surface area contributed by atoms with Crippen LogP contribution in [0.2, 0.25) is 0 Å². The van der Waals surface area contributed by atoms with Crippen molar-refractivity contribution in [2.24, 2.45) is 5.92 Å². The molecular formula is C14H18BrNO4S. The molecule has 5 nitrogen and oxygen atoms in total. The van der Waals surface area contributed by atoms with Gasteiger partial charge in [-0.15, -0.1) is 0 Å². The predicted octanol–water partition coefficient (Wildman–Crippen LogP) is 2.84. The summed E-state index contributed by atoms with van der Waals surface area (Å²) in [6, 6.07) is 5.43. The number of carbonyl (C=O) groups excluding carboxylic acids is 1. The van der Waals surface area contributed by atoms with E-state index in [1.54, 1.807) is 12.1 Å². The number of sulfonamides is 1. The first-order valence-corrected chi connectivity index (χ1v) is 9.04. The average molecular weight is 376 g/mol. The Balaban J connectivity index is 2.25. The number of hydrogen-bond donors (Lipinski definition) is 1. The fourth-order valence-corrected chi connectivity index (χ4v) is 4.93. The molecule has 0 amide bonds. The second-order valence-corrected chi connectivity index (χ2v) is 7.98. The van der Waals surface area contributed by atoms with E-state index < -0.39 is 27.2 Å². The highest BCUT2D eigenvalue weighted by Gasteiger charge is 2.42. The molecule has 0 heterocycles. The number of anilines is 1. The van der Waals surface area contributed by atoms with E-state index >= 15 is 0 Å². The van der Waals surface area contributed by atoms with Crippen LogP contribution in [0.3, 0.4) is 0 Å². The molecule has 1 aliphatic carbocycles. The third kappa shape index (κ3) is 3.58. The fraction of sp³-hybridized carbons (Fsp3) is 0.500. The molecule has 0 spiro atoms. The van der Waals surface area contributed by atoms with Gasteiger partial charge < -0.3 is 4.74 Å². The van der Waals surface area contributed by atoms with Crippen LogP contribution in [0.4, 0.5) is 5.69 Å². The second kappa shape index (κ2) is 6.36. The van der Waals surface area contributed by atoms with Crippen LogP contribution >= 0.6 is 15.9 Å². The number of carbonyl (C=O) groups is 1. The summed E-state index contributed by atoms with van der Waals surface area (Å²) in [5.74, 6) is -1.04. The first-order chi connectivity index (χ1) is 9.85. The first kappa shape index (κ1) is 16.3. The molecule has 0 aromatic heterocycles. The summed E-state index contributed by atoms with van der Waals surface area (Å²) in [5.41, 5.74) is 1.44. The highest BCUT2D eigenvalue weighted by atomic mass is 79.9. The standard InChI is InChI=1S/C14H18BrNO4S/c1-9-6-7-11(15)12(8-9)16-21(18,19)13-5-3-4-10(13)14(17)20-2/h6-8,10,13,16H,3-5H2,1-2H3. The molecule has 1 aliphatic rings. The molecule has 0 aliphatic heterocycles. The third-order valence-corrected chi connectivity index (χ3v) is 6.29. The van der Waals surface area contributed by atoms with Crippen LogP contribution in [-0.2, 0) is 19.6 Å². The van der Waals surface area contributed by atoms with Gasteiger partial charge in [0, 0.05) is 4.47 Å². The molecule has 0 bridgehead atoms. The van der Waals surface area contributed by atoms with Gasteiger partial charge in [-0.3, -0.25) is 9.52 Å². The van der Waals surface area contributed by atoms with E-state index in [-0.39, 0.29) is 0 Å². The number of methoxy groups -OCH3 is 1. The lowest BCUT2D eigenvalue weighted by atomic mass is 10.1. The number of esters is 1. The van der Waals surface area contributed by atoms with Crippen LogP contribution in [0.15, 0.2) is 22.7 Å². The highest BCUT2D eigenvalue weighted by molar-refractivity contribution is 9.10. The molecule has 2 unspecified atom stereocenters. The molecule has 21 heavy (non-hydrogen) atoms. The van der Waals surface area contributed by atoms with Crippen molar-refractivity contribution in [2.75, 3.05) is 11.8 Å². The molecular weight excluding hydrogens is 358 g/mol. The summed E-state index contributed by atoms with van der Waals surface area (Å²) in [5, 5.41) is -0.739. The monoisotopic (exact) mass is 375 g/mol. The maximum Gasteiger partial charge on any atom is 0.310 e. The molecule has 2 rings (SSSR count). The van der Waals surface area contributed by atoms with Crippen molar-refractivity contribution in [1.82, 2.24) is 0 Å². The summed E-state index contributed by atoms with van der Waals surface area (Å²) in [6.07, 6.45) is 1.73. The Morgan fingerprint density at radius 3 is 2.76 bits per heavy atom. The number of nitrogens with one attached hydrogen (secondary N) is 1. The van der Waals surface area contributed by atoms with Gasteiger partial charge in [-0.05, 0) is 53.4 Å². The van der Waals surface area contributed by atoms with Crippen molar-refractivity contribution in [3.8, 4) is 0 Å². The Morgan fingerprint density at radius 1 is 1.38 bits per heavy atom. The molecule has 0 saturated heterocycles. The zero-order chi connectivity index (χ0) is 15.6. The van der Waals surface area contributed by atoms with Gasteiger partial charge in [-0.2, -0.15) is 0 Å². The zero-order valence-electron chi connectivity index (χ0n) is 11.9. The smallest absolute Gasteiger partial charge is 0.310 e. The number of benzene rings is 1. The van der Waals surface area contributed by atoms with Crippen LogP contribution < -0.4 is 4.72 Å². The Hall–Kier alpha value is -1.08. The van der Waals surface area contributed by atoms with Crippen molar-refractivity contribution in [3.63, 3.8) is 0 Å². The van der Waals surface area contributed by atoms with E-state index in [9.17, 15) is 13.2 Å². The van der Waals surface area contributed by atoms with E-state index in [2.05, 4.69) is 20.7 Å². The van der Waals surface area contributed by atoms with Gasteiger partial charge >= 0.3 is 5.97 Å². The average Bonchev–Trinajstić information content (AvgIpc) is 2.92. The second-order valence-electron chi connectivity index (χ2n) is 5.23. The Bertz CT molecular complexity index is 644. The van der Waals surface area contributed by atoms with E-state index in [1.807, 2.05) is 13.0 Å². The molecule has 1 fully saturated rings. The van der Waals surface area contributed by atoms with Gasteiger partial charge in [0.15, 0.2) is 0 Å². The Kier molecular flexibility index (Phi) is 4.93. The van der Waals surface area contributed by atoms with Crippen molar-refractivity contribution >= 4 is 37.6 Å². The van der Waals surface area contributed by atoms with Crippen LogP contribution in [-0.4, -0.2) is 26.7 Å². The van der Waals surface area contributed by atoms with Gasteiger partial charge in [-0.1, -0.05) is 12.5 Å². The van der Waals surface area contributed by atoms with Crippen LogP contribution in [0.25, 0.3) is 0 Å². The minimum Gasteiger partial charge on any atom is -0.469 e. The van der Waals surface area contributed by atoms with Gasteiger partial charge in [0.2, 0.25) is 10.0 Å². The number of ether oxygens (including phenoxy) is 1. The third-order valence-electron chi connectivity index (χ3n) is 3.73. The van der Waals surface area contributed by atoms with Gasteiger partial charge in [0.1, 0.15) is 0 Å². The van der Waals surface area contributed by atoms with Gasteiger partial charge in [-0.25, -0.2) is 8.42 Å². The summed E-state index contributed by atoms with van der Waals surface area (Å²) < 4.78 is 33.1. The van der Waals surface area contributed by atoms with Crippen molar-refractivity contribution in [2.45, 2.75) is 31.4 Å². The van der Waals surface area contributed by atoms with Gasteiger partial charge in [0.05, 0.1) is 24.0 Å². The molecule has 0 radical (unpaired) electrons. The lowest BCUT2D eigenvalue weighted by Crippen LogP contribution is -2.35. The molecule has 7 heteroatoms. The molecule has 1 saturated carbocycles. The van der Waals surface area contributed by atoms with Crippen LogP contribution in [0, 0.1) is 12.8 Å². The van der Waals surface area contributed by atoms with E-state index in [1.165, 1.54) is 7.11 Å². The van der Waals surface area contributed by atoms with Gasteiger partial charge in [0.25, 0.3) is 0 Å². The number of aryl methyl sites for hydroxylation is 1. The maximum atomic E-state index is 12.6. The molecule has 2 atom stereocenters. The highest BCUT2D eigenvalue weighted by Crippen LogP contribution is 2.34. The molecule has 116 valence electrons. The van der Waals surface area contributed by atoms with E-state index in [0.717, 1.165) is 5.56 Å². The maximum absolute atomic E-state index is 12.6. The lowest BCUT2D eigenvalue weighted by molar-refractivity contribution is -0.145. The van der Waals surface area contributed by atoms with Crippen molar-refractivity contribution in [3.05, 3.63) is 28.2 Å². The summed E-state index contributed by atoms with van der Waals surface area (Å²) >= 11 is 3.33. The molecule has 1 N–H and O–H groups in total. The normalized spacial score (nSPS) is 22.0. The van der Waals surface area contributed by atoms with E-state index in [0.29, 0.717) is 29.4 Å². The largest absolute Gasteiger partial charge is 0.469 e. The fourth-order valence-electron chi connectivity index (χ4n) is 2.66. The predicted molar refractivity (Wildman–Crippen MR) is 84.6 cm³/mol. The minimum atomic E-state index is -3.64. The topological polar surface area (TPSA) is 72.5 Å². The Morgan fingerprint density at radius 2 is 2.10 bits per heavy atom. The van der Waals surface area contributed by atoms with Crippen LogP contribution in [0.5, 0.6) is 0 Å². The zero-order valence-corrected chi connectivity index (χ0v) is 14.3.